The minimum Gasteiger partial charge on any atom is -0.382 e. The van der Waals surface area contributed by atoms with E-state index in [4.69, 9.17) is 10.5 Å². The van der Waals surface area contributed by atoms with Crippen LogP contribution in [0.2, 0.25) is 0 Å². The summed E-state index contributed by atoms with van der Waals surface area (Å²) >= 11 is 0. The molecule has 32 heavy (non-hydrogen) atoms. The van der Waals surface area contributed by atoms with E-state index in [1.165, 1.54) is 24.5 Å². The molecule has 3 heterocycles. The van der Waals surface area contributed by atoms with E-state index in [-0.39, 0.29) is 23.5 Å². The summed E-state index contributed by atoms with van der Waals surface area (Å²) in [5.74, 6) is -1.34. The number of benzene rings is 2. The average Bonchev–Trinajstić information content (AvgIpc) is 3.34. The van der Waals surface area contributed by atoms with Crippen LogP contribution in [0.25, 0.3) is 16.7 Å². The van der Waals surface area contributed by atoms with Crippen molar-refractivity contribution >= 4 is 28.4 Å². The monoisotopic (exact) mass is 435 g/mol. The Labute approximate surface area is 181 Å². The van der Waals surface area contributed by atoms with E-state index in [0.29, 0.717) is 29.9 Å². The topological polar surface area (TPSA) is 95.1 Å². The first kappa shape index (κ1) is 20.1. The molecule has 1 aliphatic rings. The molecule has 0 spiro atoms. The molecular formula is C23H19F2N5O2. The van der Waals surface area contributed by atoms with Gasteiger partial charge in [0.25, 0.3) is 0 Å². The van der Waals surface area contributed by atoms with E-state index < -0.39 is 17.5 Å². The number of aryl methyl sites for hydroxylation is 1. The van der Waals surface area contributed by atoms with Crippen molar-refractivity contribution in [3.8, 4) is 5.69 Å². The number of nitrogens with two attached hydrogens (primary N) is 1. The van der Waals surface area contributed by atoms with Crippen LogP contribution in [0, 0.1) is 18.6 Å². The van der Waals surface area contributed by atoms with Gasteiger partial charge < -0.3 is 20.4 Å². The van der Waals surface area contributed by atoms with Crippen LogP contribution in [-0.2, 0) is 29.2 Å². The lowest BCUT2D eigenvalue weighted by Crippen LogP contribution is -2.16. The van der Waals surface area contributed by atoms with E-state index in [9.17, 15) is 13.6 Å². The Balaban J connectivity index is 1.46. The first-order valence-corrected chi connectivity index (χ1v) is 9.97. The van der Waals surface area contributed by atoms with Gasteiger partial charge in [0.1, 0.15) is 29.0 Å². The van der Waals surface area contributed by atoms with Crippen molar-refractivity contribution in [1.82, 2.24) is 14.5 Å². The fourth-order valence-corrected chi connectivity index (χ4v) is 4.03. The minimum atomic E-state index is -0.634. The summed E-state index contributed by atoms with van der Waals surface area (Å²) in [5, 5.41) is 2.51. The molecule has 1 aliphatic heterocycles. The van der Waals surface area contributed by atoms with Crippen molar-refractivity contribution in [2.24, 2.45) is 0 Å². The molecular weight excluding hydrogens is 416 g/mol. The highest BCUT2D eigenvalue weighted by Crippen LogP contribution is 2.35. The zero-order valence-corrected chi connectivity index (χ0v) is 17.2. The van der Waals surface area contributed by atoms with Crippen LogP contribution in [0.15, 0.2) is 42.7 Å². The normalized spacial score (nSPS) is 12.8. The van der Waals surface area contributed by atoms with Gasteiger partial charge in [-0.25, -0.2) is 18.7 Å². The molecule has 0 atom stereocenters. The van der Waals surface area contributed by atoms with Crippen LogP contribution < -0.4 is 11.1 Å². The van der Waals surface area contributed by atoms with Crippen LogP contribution in [0.1, 0.15) is 22.4 Å². The quantitative estimate of drug-likeness (QED) is 0.509. The minimum absolute atomic E-state index is 0.000361. The maximum atomic E-state index is 14.9. The molecule has 0 unspecified atom stereocenters. The van der Waals surface area contributed by atoms with E-state index in [1.807, 2.05) is 6.92 Å². The molecule has 0 radical (unpaired) electrons. The zero-order chi connectivity index (χ0) is 22.4. The smallest absolute Gasteiger partial charge is 0.228 e. The number of fused-ring (bicyclic) bond motifs is 3. The van der Waals surface area contributed by atoms with E-state index in [2.05, 4.69) is 15.3 Å². The Kier molecular flexibility index (Phi) is 4.82. The van der Waals surface area contributed by atoms with Crippen LogP contribution in [0.3, 0.4) is 0 Å². The molecule has 2 aromatic carbocycles. The highest BCUT2D eigenvalue weighted by atomic mass is 19.1. The first-order chi connectivity index (χ1) is 15.4. The Hall–Kier alpha value is -3.85. The Morgan fingerprint density at radius 2 is 2.00 bits per heavy atom. The van der Waals surface area contributed by atoms with Crippen molar-refractivity contribution in [2.75, 3.05) is 11.1 Å². The number of aromatic nitrogens is 3. The fraction of sp³-hybridized carbons (Fsp3) is 0.174. The fourth-order valence-electron chi connectivity index (χ4n) is 4.03. The highest BCUT2D eigenvalue weighted by molar-refractivity contribution is 5.93. The summed E-state index contributed by atoms with van der Waals surface area (Å²) in [7, 11) is 0. The number of carbonyl (C=O) groups excluding carboxylic acids is 1. The number of rotatable bonds is 4. The molecule has 4 aromatic rings. The third kappa shape index (κ3) is 3.36. The summed E-state index contributed by atoms with van der Waals surface area (Å²) in [6, 6.07) is 8.96. The average molecular weight is 435 g/mol. The van der Waals surface area contributed by atoms with Gasteiger partial charge in [-0.1, -0.05) is 17.7 Å². The number of halogens is 2. The molecule has 3 N–H and O–H groups in total. The lowest BCUT2D eigenvalue weighted by molar-refractivity contribution is -0.115. The molecule has 0 aliphatic carbocycles. The summed E-state index contributed by atoms with van der Waals surface area (Å²) in [4.78, 5) is 20.8. The number of anilines is 2. The maximum Gasteiger partial charge on any atom is 0.228 e. The second-order valence-corrected chi connectivity index (χ2v) is 7.69. The van der Waals surface area contributed by atoms with Crippen molar-refractivity contribution < 1.29 is 18.3 Å². The van der Waals surface area contributed by atoms with Crippen LogP contribution in [-0.4, -0.2) is 20.4 Å². The third-order valence-corrected chi connectivity index (χ3v) is 5.50. The molecule has 9 heteroatoms. The van der Waals surface area contributed by atoms with Crippen LogP contribution in [0.5, 0.6) is 0 Å². The predicted molar refractivity (Wildman–Crippen MR) is 115 cm³/mol. The molecule has 162 valence electrons. The van der Waals surface area contributed by atoms with Crippen molar-refractivity contribution in [2.45, 2.75) is 26.6 Å². The van der Waals surface area contributed by atoms with E-state index in [1.54, 1.807) is 22.8 Å². The van der Waals surface area contributed by atoms with Gasteiger partial charge in [0, 0.05) is 17.3 Å². The number of hydrogen-bond donors (Lipinski definition) is 2. The lowest BCUT2D eigenvalue weighted by atomic mass is 10.1. The Bertz CT molecular complexity index is 1380. The summed E-state index contributed by atoms with van der Waals surface area (Å²) in [6.07, 6.45) is 1.19. The number of nitrogens with one attached hydrogen (secondary N) is 1. The van der Waals surface area contributed by atoms with Gasteiger partial charge in [0.05, 0.1) is 31.0 Å². The number of carbonyl (C=O) groups is 1. The van der Waals surface area contributed by atoms with Crippen molar-refractivity contribution in [3.63, 3.8) is 0 Å². The number of amides is 1. The molecule has 7 nitrogen and oxygen atoms in total. The molecule has 0 bridgehead atoms. The highest BCUT2D eigenvalue weighted by Gasteiger charge is 2.26. The van der Waals surface area contributed by atoms with Crippen molar-refractivity contribution in [1.29, 1.82) is 0 Å². The molecule has 0 saturated carbocycles. The second kappa shape index (κ2) is 7.69. The number of hydrogen-bond acceptors (Lipinski definition) is 5. The van der Waals surface area contributed by atoms with Crippen LogP contribution in [0.4, 0.5) is 20.3 Å². The Morgan fingerprint density at radius 3 is 2.81 bits per heavy atom. The maximum absolute atomic E-state index is 14.9. The predicted octanol–water partition coefficient (Wildman–Crippen LogP) is 3.80. The third-order valence-electron chi connectivity index (χ3n) is 5.50. The van der Waals surface area contributed by atoms with Crippen LogP contribution >= 0.6 is 0 Å². The number of nitrogen functional groups attached to an aromatic ring is 1. The summed E-state index contributed by atoms with van der Waals surface area (Å²) in [6.45, 7) is 2.54. The van der Waals surface area contributed by atoms with Gasteiger partial charge in [-0.05, 0) is 30.7 Å². The van der Waals surface area contributed by atoms with E-state index in [0.717, 1.165) is 16.8 Å². The van der Waals surface area contributed by atoms with Gasteiger partial charge in [-0.15, -0.1) is 0 Å². The van der Waals surface area contributed by atoms with Gasteiger partial charge in [-0.2, -0.15) is 0 Å². The standard InChI is InChI=1S/C23H19F2N5O2/c1-12-2-4-16(24)13(6-12)7-20(31)29-18-5-3-14(8-17(18)25)30-19-10-32-9-15(19)21-22(30)23(26)28-11-27-21/h2-6,8,11H,7,9-10H2,1H3,(H,29,31)(H2,26,27,28). The largest absolute Gasteiger partial charge is 0.382 e. The molecule has 5 rings (SSSR count). The van der Waals surface area contributed by atoms with Gasteiger partial charge >= 0.3 is 0 Å². The van der Waals surface area contributed by atoms with Crippen molar-refractivity contribution in [3.05, 3.63) is 76.7 Å². The molecule has 1 amide bonds. The van der Waals surface area contributed by atoms with Gasteiger partial charge in [0.2, 0.25) is 5.91 Å². The Morgan fingerprint density at radius 1 is 1.16 bits per heavy atom. The molecule has 0 fully saturated rings. The molecule has 0 saturated heterocycles. The summed E-state index contributed by atoms with van der Waals surface area (Å²) in [5.41, 5.74) is 10.7. The summed E-state index contributed by atoms with van der Waals surface area (Å²) < 4.78 is 36.2. The van der Waals surface area contributed by atoms with Gasteiger partial charge in [-0.3, -0.25) is 4.79 Å². The van der Waals surface area contributed by atoms with E-state index >= 15 is 0 Å². The number of nitrogens with zero attached hydrogens (tertiary/aromatic N) is 3. The lowest BCUT2D eigenvalue weighted by Gasteiger charge is -2.13. The molecule has 2 aromatic heterocycles. The SMILES string of the molecule is Cc1ccc(F)c(CC(=O)Nc2ccc(-n3c4c(c5ncnc(N)c53)COC4)cc2F)c1. The van der Waals surface area contributed by atoms with Gasteiger partial charge in [0.15, 0.2) is 5.82 Å². The zero-order valence-electron chi connectivity index (χ0n) is 17.2. The number of ether oxygens (including phenoxy) is 1. The second-order valence-electron chi connectivity index (χ2n) is 7.69. The first-order valence-electron chi connectivity index (χ1n) is 9.97.